The highest BCUT2D eigenvalue weighted by Crippen LogP contribution is 2.26. The fourth-order valence-corrected chi connectivity index (χ4v) is 4.41. The van der Waals surface area contributed by atoms with E-state index in [0.29, 0.717) is 29.3 Å². The molecule has 2 atom stereocenters. The van der Waals surface area contributed by atoms with Gasteiger partial charge < -0.3 is 10.2 Å². The summed E-state index contributed by atoms with van der Waals surface area (Å²) in [6.07, 6.45) is 7.00. The van der Waals surface area contributed by atoms with Crippen molar-refractivity contribution in [3.05, 3.63) is 60.3 Å². The molecule has 0 aliphatic carbocycles. The summed E-state index contributed by atoms with van der Waals surface area (Å²) in [7, 11) is 1.72. The Hall–Kier alpha value is -3.59. The van der Waals surface area contributed by atoms with Crippen LogP contribution in [0.1, 0.15) is 33.8 Å². The number of nitrogens with zero attached hydrogens (tertiary/aromatic N) is 6. The second-order valence-electron chi connectivity index (χ2n) is 8.51. The van der Waals surface area contributed by atoms with Crippen LogP contribution in [0.4, 0.5) is 5.69 Å². The fraction of sp³-hybridized carbons (Fsp3) is 0.348. The summed E-state index contributed by atoms with van der Waals surface area (Å²) >= 11 is 0. The van der Waals surface area contributed by atoms with Crippen molar-refractivity contribution in [1.82, 2.24) is 29.4 Å². The third kappa shape index (κ3) is 3.99. The third-order valence-electron chi connectivity index (χ3n) is 6.07. The largest absolute Gasteiger partial charge is 0.317 e. The summed E-state index contributed by atoms with van der Waals surface area (Å²) in [6.45, 7) is 7.62. The van der Waals surface area contributed by atoms with E-state index in [9.17, 15) is 9.59 Å². The van der Waals surface area contributed by atoms with E-state index >= 15 is 0 Å². The molecule has 1 saturated heterocycles. The number of nitrogens with one attached hydrogen (secondary N) is 1. The lowest BCUT2D eigenvalue weighted by molar-refractivity contribution is 0.102. The Morgan fingerprint density at radius 1 is 1.12 bits per heavy atom. The predicted octanol–water partition coefficient (Wildman–Crippen LogP) is 2.40. The quantitative estimate of drug-likeness (QED) is 0.549. The Kier molecular flexibility index (Phi) is 5.18. The van der Waals surface area contributed by atoms with Gasteiger partial charge in [-0.2, -0.15) is 10.2 Å². The van der Waals surface area contributed by atoms with Crippen LogP contribution in [0.15, 0.2) is 48.9 Å². The van der Waals surface area contributed by atoms with Gasteiger partial charge in [-0.15, -0.1) is 0 Å². The van der Waals surface area contributed by atoms with Crippen molar-refractivity contribution in [3.8, 4) is 11.3 Å². The van der Waals surface area contributed by atoms with Crippen molar-refractivity contribution in [2.24, 2.45) is 13.0 Å². The van der Waals surface area contributed by atoms with Crippen molar-refractivity contribution in [2.75, 3.05) is 25.0 Å². The zero-order chi connectivity index (χ0) is 22.2. The summed E-state index contributed by atoms with van der Waals surface area (Å²) < 4.78 is 3.43. The van der Waals surface area contributed by atoms with Gasteiger partial charge in [0, 0.05) is 38.1 Å². The van der Waals surface area contributed by atoms with Crippen LogP contribution in [-0.4, -0.2) is 60.8 Å². The zero-order valence-electron chi connectivity index (χ0n) is 18.0. The number of ketones is 1. The highest BCUT2D eigenvalue weighted by molar-refractivity contribution is 6.13. The van der Waals surface area contributed by atoms with Crippen LogP contribution in [0.3, 0.4) is 0 Å². The molecular weight excluding hydrogens is 406 g/mol. The number of hydrogen-bond donors (Lipinski definition) is 1. The van der Waals surface area contributed by atoms with Gasteiger partial charge in [0.25, 0.3) is 5.91 Å². The number of anilines is 1. The van der Waals surface area contributed by atoms with E-state index in [1.807, 2.05) is 16.9 Å². The molecule has 2 unspecified atom stereocenters. The number of carbonyl (C=O) groups is 2. The zero-order valence-corrected chi connectivity index (χ0v) is 18.0. The summed E-state index contributed by atoms with van der Waals surface area (Å²) in [5.74, 6) is -0.256. The second kappa shape index (κ2) is 8.16. The summed E-state index contributed by atoms with van der Waals surface area (Å²) in [5.41, 5.74) is 2.86. The van der Waals surface area contributed by atoms with Gasteiger partial charge in [-0.3, -0.25) is 19.0 Å². The van der Waals surface area contributed by atoms with Crippen molar-refractivity contribution >= 4 is 17.4 Å². The van der Waals surface area contributed by atoms with E-state index in [1.165, 1.54) is 4.68 Å². The van der Waals surface area contributed by atoms with Gasteiger partial charge in [0.05, 0.1) is 24.1 Å². The molecule has 1 amide bonds. The molecule has 6 bridgehead atoms. The predicted molar refractivity (Wildman–Crippen MR) is 119 cm³/mol. The van der Waals surface area contributed by atoms with Gasteiger partial charge in [0.15, 0.2) is 5.69 Å². The molecule has 0 radical (unpaired) electrons. The maximum Gasteiger partial charge on any atom is 0.274 e. The first-order chi connectivity index (χ1) is 15.5. The van der Waals surface area contributed by atoms with Crippen molar-refractivity contribution in [3.63, 3.8) is 0 Å². The van der Waals surface area contributed by atoms with E-state index in [2.05, 4.69) is 32.0 Å². The monoisotopic (exact) mass is 431 g/mol. The Labute approximate surface area is 185 Å². The van der Waals surface area contributed by atoms with E-state index in [-0.39, 0.29) is 17.2 Å². The number of fused-ring (bicyclic) bond motifs is 8. The third-order valence-corrected chi connectivity index (χ3v) is 6.07. The summed E-state index contributed by atoms with van der Waals surface area (Å²) in [6, 6.07) is 5.28. The molecule has 32 heavy (non-hydrogen) atoms. The molecule has 0 saturated carbocycles. The number of amides is 1. The molecule has 2 aliphatic heterocycles. The average Bonchev–Trinajstić information content (AvgIpc) is 3.51. The fourth-order valence-electron chi connectivity index (χ4n) is 4.41. The lowest BCUT2D eigenvalue weighted by Gasteiger charge is -2.16. The highest BCUT2D eigenvalue weighted by Gasteiger charge is 2.27. The molecule has 1 N–H and O–H groups in total. The van der Waals surface area contributed by atoms with Crippen LogP contribution in [0.2, 0.25) is 0 Å². The van der Waals surface area contributed by atoms with Gasteiger partial charge in [-0.1, -0.05) is 12.6 Å². The van der Waals surface area contributed by atoms with E-state index < -0.39 is 5.91 Å². The van der Waals surface area contributed by atoms with Gasteiger partial charge in [0.1, 0.15) is 5.69 Å². The normalized spacial score (nSPS) is 21.6. The molecular formula is C23H25N7O2. The van der Waals surface area contributed by atoms with Crippen molar-refractivity contribution in [2.45, 2.75) is 19.4 Å². The average molecular weight is 432 g/mol. The van der Waals surface area contributed by atoms with Gasteiger partial charge in [0.2, 0.25) is 5.78 Å². The molecule has 5 rings (SSSR count). The second-order valence-corrected chi connectivity index (χ2v) is 8.51. The van der Waals surface area contributed by atoms with Gasteiger partial charge in [-0.05, 0) is 43.0 Å². The number of pyridine rings is 1. The number of aryl methyl sites for hydroxylation is 1. The van der Waals surface area contributed by atoms with Crippen LogP contribution in [0.5, 0.6) is 0 Å². The number of hydrogen-bond acceptors (Lipinski definition) is 6. The summed E-state index contributed by atoms with van der Waals surface area (Å²) in [4.78, 5) is 32.9. The number of allylic oxidation sites excluding steroid dienone is 1. The van der Waals surface area contributed by atoms with Crippen molar-refractivity contribution in [1.29, 1.82) is 0 Å². The standard InChI is InChI=1S/C23H25N7O2/c1-15-10-16-6-7-29(12-16)8-9-30-13-17(11-24-30)18-4-3-5-19(25-18)23(32)26-20-14-28(2)27-21(20)22(15)31/h3-5,11,13-14,16H,1,6-10,12H2,2H3,(H,26,32). The smallest absolute Gasteiger partial charge is 0.274 e. The van der Waals surface area contributed by atoms with Crippen LogP contribution in [0.25, 0.3) is 11.3 Å². The van der Waals surface area contributed by atoms with Crippen LogP contribution in [-0.2, 0) is 13.6 Å². The Balaban J connectivity index is 1.51. The lowest BCUT2D eigenvalue weighted by Crippen LogP contribution is -2.25. The Bertz CT molecular complexity index is 1210. The molecule has 164 valence electrons. The molecule has 2 aliphatic rings. The molecule has 5 heterocycles. The first-order valence-corrected chi connectivity index (χ1v) is 10.8. The topological polar surface area (TPSA) is 97.9 Å². The molecule has 3 aromatic heterocycles. The minimum atomic E-state index is -0.403. The molecule has 0 spiro atoms. The Morgan fingerprint density at radius 2 is 1.97 bits per heavy atom. The lowest BCUT2D eigenvalue weighted by atomic mass is 9.95. The number of carbonyl (C=O) groups excluding carboxylic acids is 2. The van der Waals surface area contributed by atoms with E-state index in [4.69, 9.17) is 0 Å². The maximum atomic E-state index is 13.1. The van der Waals surface area contributed by atoms with Crippen LogP contribution < -0.4 is 5.32 Å². The molecule has 0 aromatic carbocycles. The molecule has 3 aromatic rings. The van der Waals surface area contributed by atoms with Gasteiger partial charge >= 0.3 is 0 Å². The highest BCUT2D eigenvalue weighted by atomic mass is 16.2. The Morgan fingerprint density at radius 3 is 2.84 bits per heavy atom. The van der Waals surface area contributed by atoms with Crippen LogP contribution in [0, 0.1) is 5.92 Å². The first kappa shape index (κ1) is 20.3. The van der Waals surface area contributed by atoms with Gasteiger partial charge in [-0.25, -0.2) is 4.98 Å². The number of rotatable bonds is 0. The maximum absolute atomic E-state index is 13.1. The number of Topliss-reactive ketones (excluding diaryl/α,β-unsaturated/α-hetero) is 1. The first-order valence-electron chi connectivity index (χ1n) is 10.8. The minimum absolute atomic E-state index is 0.208. The van der Waals surface area contributed by atoms with Crippen molar-refractivity contribution < 1.29 is 9.59 Å². The molecule has 9 heteroatoms. The molecule has 9 nitrogen and oxygen atoms in total. The van der Waals surface area contributed by atoms with Crippen LogP contribution >= 0.6 is 0 Å². The number of aromatic nitrogens is 5. The minimum Gasteiger partial charge on any atom is -0.317 e. The molecule has 1 fully saturated rings. The van der Waals surface area contributed by atoms with E-state index in [0.717, 1.165) is 38.2 Å². The van der Waals surface area contributed by atoms with E-state index in [1.54, 1.807) is 31.6 Å². The summed E-state index contributed by atoms with van der Waals surface area (Å²) in [5, 5.41) is 11.6. The SMILES string of the molecule is C=C1CC2CCN(CCn3cc(cn3)-c3cccc(n3)C(=O)Nc3cn(C)nc3C1=O)C2.